The molecule has 0 spiro atoms. The molecule has 1 heterocycles. The molecule has 0 N–H and O–H groups in total. The predicted octanol–water partition coefficient (Wildman–Crippen LogP) is 6.88. The third-order valence-electron chi connectivity index (χ3n) is 6.64. The molecule has 5 aromatic carbocycles. The van der Waals surface area contributed by atoms with E-state index in [9.17, 15) is 14.4 Å². The van der Waals surface area contributed by atoms with Gasteiger partial charge in [-0.25, -0.2) is 14.6 Å². The van der Waals surface area contributed by atoms with Crippen LogP contribution in [-0.2, 0) is 9.59 Å². The zero-order valence-corrected chi connectivity index (χ0v) is 20.1. The Morgan fingerprint density at radius 1 is 0.595 bits per heavy atom. The van der Waals surface area contributed by atoms with Crippen LogP contribution in [0.4, 0.5) is 16.2 Å². The maximum atomic E-state index is 14.0. The van der Waals surface area contributed by atoms with E-state index in [-0.39, 0.29) is 5.57 Å². The molecule has 5 nitrogen and oxygen atoms in total. The van der Waals surface area contributed by atoms with E-state index in [1.165, 1.54) is 0 Å². The highest BCUT2D eigenvalue weighted by molar-refractivity contribution is 6.47. The van der Waals surface area contributed by atoms with Gasteiger partial charge in [0.15, 0.2) is 0 Å². The number of barbiturate groups is 1. The van der Waals surface area contributed by atoms with Crippen LogP contribution < -0.4 is 9.80 Å². The van der Waals surface area contributed by atoms with Gasteiger partial charge in [0.2, 0.25) is 0 Å². The second kappa shape index (κ2) is 8.88. The Balaban J connectivity index is 1.59. The van der Waals surface area contributed by atoms with Gasteiger partial charge in [-0.1, -0.05) is 91.0 Å². The van der Waals surface area contributed by atoms with Crippen LogP contribution in [0.1, 0.15) is 11.1 Å². The third-order valence-corrected chi connectivity index (χ3v) is 6.64. The number of rotatable bonds is 3. The minimum atomic E-state index is -0.702. The van der Waals surface area contributed by atoms with E-state index in [4.69, 9.17) is 0 Å². The zero-order valence-electron chi connectivity index (χ0n) is 20.1. The standard InChI is InChI=1S/C32H22N2O3/c1-21-9-6-15-25(19-21)33-30(35)28(20-24-14-7-12-22-10-2-4-16-26(22)24)31(36)34(32(33)37)29-18-8-13-23-11-3-5-17-27(23)29/h2-20H,1H3/b28-20+. The number of carbonyl (C=O) groups excluding carboxylic acids is 3. The number of benzene rings is 5. The van der Waals surface area contributed by atoms with Gasteiger partial charge >= 0.3 is 6.03 Å². The van der Waals surface area contributed by atoms with Crippen molar-refractivity contribution in [1.82, 2.24) is 0 Å². The first-order chi connectivity index (χ1) is 18.0. The average molecular weight is 483 g/mol. The molecule has 0 atom stereocenters. The SMILES string of the molecule is Cc1cccc(N2C(=O)/C(=C\c3cccc4ccccc34)C(=O)N(c3cccc4ccccc34)C2=O)c1. The number of hydrogen-bond donors (Lipinski definition) is 0. The topological polar surface area (TPSA) is 57.7 Å². The summed E-state index contributed by atoms with van der Waals surface area (Å²) in [6.07, 6.45) is 1.60. The van der Waals surface area contributed by atoms with Crippen molar-refractivity contribution in [2.24, 2.45) is 0 Å². The Morgan fingerprint density at radius 2 is 1.19 bits per heavy atom. The van der Waals surface area contributed by atoms with Gasteiger partial charge in [-0.15, -0.1) is 0 Å². The van der Waals surface area contributed by atoms with Crippen molar-refractivity contribution < 1.29 is 14.4 Å². The van der Waals surface area contributed by atoms with Crippen LogP contribution in [0.2, 0.25) is 0 Å². The molecule has 0 bridgehead atoms. The van der Waals surface area contributed by atoms with E-state index in [1.807, 2.05) is 85.8 Å². The highest BCUT2D eigenvalue weighted by Gasteiger charge is 2.44. The molecule has 0 unspecified atom stereocenters. The molecule has 1 aliphatic heterocycles. The summed E-state index contributed by atoms with van der Waals surface area (Å²) in [4.78, 5) is 43.9. The lowest BCUT2D eigenvalue weighted by atomic mass is 9.99. The summed E-state index contributed by atoms with van der Waals surface area (Å²) in [6.45, 7) is 1.89. The quantitative estimate of drug-likeness (QED) is 0.208. The number of anilines is 2. The summed E-state index contributed by atoms with van der Waals surface area (Å²) in [7, 11) is 0. The summed E-state index contributed by atoms with van der Waals surface area (Å²) in [6, 6.07) is 33.0. The van der Waals surface area contributed by atoms with E-state index in [0.29, 0.717) is 11.4 Å². The Hall–Kier alpha value is -5.03. The van der Waals surface area contributed by atoms with E-state index < -0.39 is 17.8 Å². The van der Waals surface area contributed by atoms with Crippen molar-refractivity contribution in [2.45, 2.75) is 6.92 Å². The Kier molecular flexibility index (Phi) is 5.38. The fourth-order valence-electron chi connectivity index (χ4n) is 4.87. The van der Waals surface area contributed by atoms with Crippen molar-refractivity contribution in [2.75, 3.05) is 9.80 Å². The summed E-state index contributed by atoms with van der Waals surface area (Å²) in [5.74, 6) is -1.30. The highest BCUT2D eigenvalue weighted by atomic mass is 16.2. The minimum Gasteiger partial charge on any atom is -0.268 e. The van der Waals surface area contributed by atoms with Crippen molar-refractivity contribution in [1.29, 1.82) is 0 Å². The summed E-state index contributed by atoms with van der Waals surface area (Å²) in [5.41, 5.74) is 2.39. The second-order valence-corrected chi connectivity index (χ2v) is 9.03. The number of urea groups is 1. The maximum Gasteiger partial charge on any atom is 0.343 e. The van der Waals surface area contributed by atoms with Gasteiger partial charge in [0.05, 0.1) is 11.4 Å². The Morgan fingerprint density at radius 3 is 1.95 bits per heavy atom. The first kappa shape index (κ1) is 22.4. The number of nitrogens with zero attached hydrogens (tertiary/aromatic N) is 2. The number of fused-ring (bicyclic) bond motifs is 2. The maximum absolute atomic E-state index is 14.0. The van der Waals surface area contributed by atoms with Crippen molar-refractivity contribution in [3.05, 3.63) is 126 Å². The molecule has 178 valence electrons. The summed E-state index contributed by atoms with van der Waals surface area (Å²) < 4.78 is 0. The Bertz CT molecular complexity index is 1760. The molecule has 5 heteroatoms. The number of aryl methyl sites for hydroxylation is 1. The highest BCUT2D eigenvalue weighted by Crippen LogP contribution is 2.34. The van der Waals surface area contributed by atoms with E-state index in [2.05, 4.69) is 0 Å². The molecule has 1 saturated heterocycles. The first-order valence-corrected chi connectivity index (χ1v) is 12.0. The predicted molar refractivity (Wildman–Crippen MR) is 147 cm³/mol. The van der Waals surface area contributed by atoms with E-state index >= 15 is 0 Å². The lowest BCUT2D eigenvalue weighted by Crippen LogP contribution is -2.57. The molecular weight excluding hydrogens is 460 g/mol. The fraction of sp³-hybridized carbons (Fsp3) is 0.0312. The van der Waals surface area contributed by atoms with Gasteiger partial charge in [0, 0.05) is 5.39 Å². The van der Waals surface area contributed by atoms with Gasteiger partial charge < -0.3 is 0 Å². The van der Waals surface area contributed by atoms with Crippen LogP contribution in [0, 0.1) is 6.92 Å². The van der Waals surface area contributed by atoms with Crippen LogP contribution in [0.15, 0.2) is 115 Å². The summed E-state index contributed by atoms with van der Waals surface area (Å²) >= 11 is 0. The molecule has 4 amide bonds. The minimum absolute atomic E-state index is 0.0783. The molecule has 5 aromatic rings. The van der Waals surface area contributed by atoms with Crippen LogP contribution >= 0.6 is 0 Å². The van der Waals surface area contributed by atoms with Crippen LogP contribution in [0.3, 0.4) is 0 Å². The molecule has 0 aliphatic carbocycles. The largest absolute Gasteiger partial charge is 0.343 e. The molecule has 37 heavy (non-hydrogen) atoms. The van der Waals surface area contributed by atoms with Crippen molar-refractivity contribution in [3.8, 4) is 0 Å². The molecule has 6 rings (SSSR count). The normalized spacial score (nSPS) is 15.3. The molecule has 0 saturated carbocycles. The summed E-state index contributed by atoms with van der Waals surface area (Å²) in [5, 5.41) is 3.54. The number of carbonyl (C=O) groups is 3. The first-order valence-electron chi connectivity index (χ1n) is 12.0. The molecular formula is C32H22N2O3. The Labute approximate surface area is 213 Å². The van der Waals surface area contributed by atoms with Gasteiger partial charge in [0.25, 0.3) is 11.8 Å². The molecule has 0 aromatic heterocycles. The monoisotopic (exact) mass is 482 g/mol. The fourth-order valence-corrected chi connectivity index (χ4v) is 4.87. The van der Waals surface area contributed by atoms with E-state index in [1.54, 1.807) is 36.4 Å². The second-order valence-electron chi connectivity index (χ2n) is 9.03. The lowest BCUT2D eigenvalue weighted by molar-refractivity contribution is -0.121. The van der Waals surface area contributed by atoms with Crippen LogP contribution in [0.5, 0.6) is 0 Å². The number of imide groups is 2. The van der Waals surface area contributed by atoms with Gasteiger partial charge in [0.1, 0.15) is 5.57 Å². The number of hydrogen-bond acceptors (Lipinski definition) is 3. The lowest BCUT2D eigenvalue weighted by Gasteiger charge is -2.34. The zero-order chi connectivity index (χ0) is 25.5. The van der Waals surface area contributed by atoms with Gasteiger partial charge in [-0.05, 0) is 58.5 Å². The van der Waals surface area contributed by atoms with Crippen molar-refractivity contribution in [3.63, 3.8) is 0 Å². The van der Waals surface area contributed by atoms with Crippen molar-refractivity contribution >= 4 is 56.8 Å². The average Bonchev–Trinajstić information content (AvgIpc) is 2.91. The molecule has 1 fully saturated rings. The van der Waals surface area contributed by atoms with Crippen LogP contribution in [-0.4, -0.2) is 17.8 Å². The van der Waals surface area contributed by atoms with Gasteiger partial charge in [-0.2, -0.15) is 0 Å². The van der Waals surface area contributed by atoms with Gasteiger partial charge in [-0.3, -0.25) is 9.59 Å². The third kappa shape index (κ3) is 3.78. The molecule has 0 radical (unpaired) electrons. The van der Waals surface area contributed by atoms with E-state index in [0.717, 1.165) is 42.5 Å². The smallest absolute Gasteiger partial charge is 0.268 e. The molecule has 1 aliphatic rings. The van der Waals surface area contributed by atoms with Crippen LogP contribution in [0.25, 0.3) is 27.6 Å². The number of amides is 4.